The van der Waals surface area contributed by atoms with E-state index in [-0.39, 0.29) is 28.7 Å². The molecule has 0 bridgehead atoms. The van der Waals surface area contributed by atoms with Crippen molar-refractivity contribution in [1.82, 2.24) is 9.55 Å². The minimum atomic E-state index is -4.49. The Balaban J connectivity index is 1.90. The second-order valence-corrected chi connectivity index (χ2v) is 8.79. The summed E-state index contributed by atoms with van der Waals surface area (Å²) in [6.07, 6.45) is -4.61. The van der Waals surface area contributed by atoms with Crippen LogP contribution in [-0.2, 0) is 10.9 Å². The predicted octanol–water partition coefficient (Wildman–Crippen LogP) is 5.84. The highest BCUT2D eigenvalue weighted by Crippen LogP contribution is 2.33. The maximum Gasteiger partial charge on any atom is 0.416 e. The standard InChI is InChI=1S/C23H20Cl2F3N3O2/c1-13-11-30(12-14(2)33-13)20-10-21(32)31(17-6-3-15(4-7-17)23(26,27)28)22(29-20)18-8-5-16(24)9-19(18)25/h3-10,13-14H,11-12H2,1-2H3. The van der Waals surface area contributed by atoms with E-state index in [0.717, 1.165) is 12.1 Å². The number of nitrogens with zero attached hydrogens (tertiary/aromatic N) is 3. The van der Waals surface area contributed by atoms with Gasteiger partial charge < -0.3 is 9.64 Å². The molecule has 0 radical (unpaired) electrons. The Labute approximate surface area is 198 Å². The summed E-state index contributed by atoms with van der Waals surface area (Å²) in [5.74, 6) is 0.636. The number of aromatic nitrogens is 2. The van der Waals surface area contributed by atoms with Gasteiger partial charge in [0.1, 0.15) is 5.82 Å². The van der Waals surface area contributed by atoms with Crippen LogP contribution in [0.2, 0.25) is 10.0 Å². The monoisotopic (exact) mass is 497 g/mol. The molecule has 4 rings (SSSR count). The van der Waals surface area contributed by atoms with Gasteiger partial charge in [-0.2, -0.15) is 13.2 Å². The minimum absolute atomic E-state index is 0.0598. The lowest BCUT2D eigenvalue weighted by atomic mass is 10.1. The highest BCUT2D eigenvalue weighted by molar-refractivity contribution is 6.36. The SMILES string of the molecule is CC1CN(c2cc(=O)n(-c3ccc(C(F)(F)F)cc3)c(-c3ccc(Cl)cc3Cl)n2)CC(C)O1. The van der Waals surface area contributed by atoms with Crippen LogP contribution in [0.1, 0.15) is 19.4 Å². The van der Waals surface area contributed by atoms with Crippen molar-refractivity contribution in [3.05, 3.63) is 74.5 Å². The van der Waals surface area contributed by atoms with E-state index in [4.69, 9.17) is 32.9 Å². The van der Waals surface area contributed by atoms with Crippen molar-refractivity contribution < 1.29 is 17.9 Å². The molecule has 0 spiro atoms. The van der Waals surface area contributed by atoms with Crippen molar-refractivity contribution in [2.45, 2.75) is 32.2 Å². The Kier molecular flexibility index (Phi) is 6.44. The smallest absolute Gasteiger partial charge is 0.372 e. The summed E-state index contributed by atoms with van der Waals surface area (Å²) >= 11 is 12.5. The van der Waals surface area contributed by atoms with Gasteiger partial charge in [-0.3, -0.25) is 9.36 Å². The molecule has 1 saturated heterocycles. The summed E-state index contributed by atoms with van der Waals surface area (Å²) in [5.41, 5.74) is -0.607. The first-order valence-corrected chi connectivity index (χ1v) is 11.0. The van der Waals surface area contributed by atoms with Gasteiger partial charge in [-0.05, 0) is 56.3 Å². The Morgan fingerprint density at radius 1 is 1.00 bits per heavy atom. The first kappa shape index (κ1) is 23.6. The molecule has 2 heterocycles. The first-order chi connectivity index (χ1) is 15.5. The van der Waals surface area contributed by atoms with Crippen molar-refractivity contribution in [3.63, 3.8) is 0 Å². The molecule has 2 aromatic carbocycles. The fraction of sp³-hybridized carbons (Fsp3) is 0.304. The van der Waals surface area contributed by atoms with Gasteiger partial charge in [-0.25, -0.2) is 4.98 Å². The largest absolute Gasteiger partial charge is 0.416 e. The van der Waals surface area contributed by atoms with Crippen LogP contribution in [0.5, 0.6) is 0 Å². The van der Waals surface area contributed by atoms with Crippen LogP contribution in [0.4, 0.5) is 19.0 Å². The van der Waals surface area contributed by atoms with E-state index < -0.39 is 17.3 Å². The molecule has 1 aliphatic heterocycles. The van der Waals surface area contributed by atoms with Crippen LogP contribution in [0.25, 0.3) is 17.1 Å². The number of morpholine rings is 1. The number of ether oxygens (including phenoxy) is 1. The molecule has 1 aromatic heterocycles. The van der Waals surface area contributed by atoms with Gasteiger partial charge in [0.15, 0.2) is 5.82 Å². The van der Waals surface area contributed by atoms with Gasteiger partial charge in [0.25, 0.3) is 5.56 Å². The van der Waals surface area contributed by atoms with Gasteiger partial charge in [-0.15, -0.1) is 0 Å². The third kappa shape index (κ3) is 5.03. The minimum Gasteiger partial charge on any atom is -0.372 e. The van der Waals surface area contributed by atoms with Crippen molar-refractivity contribution >= 4 is 29.0 Å². The normalized spacial score (nSPS) is 19.1. The summed E-state index contributed by atoms with van der Waals surface area (Å²) in [5, 5.41) is 0.662. The maximum absolute atomic E-state index is 13.3. The van der Waals surface area contributed by atoms with E-state index in [0.29, 0.717) is 29.5 Å². The zero-order valence-corrected chi connectivity index (χ0v) is 19.2. The van der Waals surface area contributed by atoms with Crippen LogP contribution >= 0.6 is 23.2 Å². The van der Waals surface area contributed by atoms with E-state index in [1.165, 1.54) is 28.8 Å². The molecular formula is C23H20Cl2F3N3O2. The first-order valence-electron chi connectivity index (χ1n) is 10.2. The number of hydrogen-bond acceptors (Lipinski definition) is 4. The lowest BCUT2D eigenvalue weighted by molar-refractivity contribution is -0.137. The zero-order chi connectivity index (χ0) is 23.9. The molecule has 0 aliphatic carbocycles. The summed E-state index contributed by atoms with van der Waals surface area (Å²) < 4.78 is 46.1. The maximum atomic E-state index is 13.3. The third-order valence-electron chi connectivity index (χ3n) is 5.27. The molecule has 2 atom stereocenters. The highest BCUT2D eigenvalue weighted by Gasteiger charge is 2.30. The van der Waals surface area contributed by atoms with E-state index >= 15 is 0 Å². The quantitative estimate of drug-likeness (QED) is 0.456. The van der Waals surface area contributed by atoms with E-state index in [1.807, 2.05) is 18.7 Å². The third-order valence-corrected chi connectivity index (χ3v) is 5.82. The molecule has 10 heteroatoms. The van der Waals surface area contributed by atoms with Crippen LogP contribution in [0, 0.1) is 0 Å². The van der Waals surface area contributed by atoms with Crippen molar-refractivity contribution in [1.29, 1.82) is 0 Å². The van der Waals surface area contributed by atoms with E-state index in [1.54, 1.807) is 12.1 Å². The molecule has 0 N–H and O–H groups in total. The number of rotatable bonds is 3. The van der Waals surface area contributed by atoms with Crippen LogP contribution in [0.15, 0.2) is 53.3 Å². The van der Waals surface area contributed by atoms with Crippen molar-refractivity contribution in [2.75, 3.05) is 18.0 Å². The fourth-order valence-corrected chi connectivity index (χ4v) is 4.39. The molecule has 0 amide bonds. The number of halogens is 5. The van der Waals surface area contributed by atoms with Crippen molar-refractivity contribution in [2.24, 2.45) is 0 Å². The molecule has 1 fully saturated rings. The van der Waals surface area contributed by atoms with E-state index in [9.17, 15) is 18.0 Å². The van der Waals surface area contributed by atoms with Gasteiger partial charge in [-0.1, -0.05) is 23.2 Å². The summed E-state index contributed by atoms with van der Waals surface area (Å²) in [6.45, 7) is 4.94. The molecule has 1 aliphatic rings. The zero-order valence-electron chi connectivity index (χ0n) is 17.7. The summed E-state index contributed by atoms with van der Waals surface area (Å²) in [7, 11) is 0. The Morgan fingerprint density at radius 2 is 1.64 bits per heavy atom. The van der Waals surface area contributed by atoms with Gasteiger partial charge in [0.05, 0.1) is 28.5 Å². The predicted molar refractivity (Wildman–Crippen MR) is 123 cm³/mol. The lowest BCUT2D eigenvalue weighted by Gasteiger charge is -2.36. The average molecular weight is 498 g/mol. The fourth-order valence-electron chi connectivity index (χ4n) is 3.90. The molecule has 174 valence electrons. The summed E-state index contributed by atoms with van der Waals surface area (Å²) in [4.78, 5) is 19.9. The number of alkyl halides is 3. The van der Waals surface area contributed by atoms with Gasteiger partial charge in [0.2, 0.25) is 0 Å². The second-order valence-electron chi connectivity index (χ2n) is 7.94. The van der Waals surface area contributed by atoms with Crippen LogP contribution in [0.3, 0.4) is 0 Å². The molecule has 3 aromatic rings. The molecule has 33 heavy (non-hydrogen) atoms. The average Bonchev–Trinajstić information content (AvgIpc) is 2.72. The van der Waals surface area contributed by atoms with E-state index in [2.05, 4.69) is 0 Å². The number of hydrogen-bond donors (Lipinski definition) is 0. The second kappa shape index (κ2) is 9.00. The molecule has 5 nitrogen and oxygen atoms in total. The van der Waals surface area contributed by atoms with Crippen molar-refractivity contribution in [3.8, 4) is 17.1 Å². The van der Waals surface area contributed by atoms with Gasteiger partial charge >= 0.3 is 6.18 Å². The Bertz CT molecular complexity index is 1220. The number of anilines is 1. The Hall–Kier alpha value is -2.55. The highest BCUT2D eigenvalue weighted by atomic mass is 35.5. The van der Waals surface area contributed by atoms with Crippen LogP contribution in [-0.4, -0.2) is 34.8 Å². The molecular weight excluding hydrogens is 478 g/mol. The van der Waals surface area contributed by atoms with Crippen LogP contribution < -0.4 is 10.5 Å². The van der Waals surface area contributed by atoms with Gasteiger partial charge in [0, 0.05) is 29.7 Å². The number of benzene rings is 2. The topological polar surface area (TPSA) is 47.4 Å². The lowest BCUT2D eigenvalue weighted by Crippen LogP contribution is -2.46. The summed E-state index contributed by atoms with van der Waals surface area (Å²) in [6, 6.07) is 10.4. The molecule has 2 unspecified atom stereocenters. The molecule has 0 saturated carbocycles. The Morgan fingerprint density at radius 3 is 2.21 bits per heavy atom.